The first kappa shape index (κ1) is 10.2. The highest BCUT2D eigenvalue weighted by molar-refractivity contribution is 5.77. The summed E-state index contributed by atoms with van der Waals surface area (Å²) in [6, 6.07) is 8.13. The second kappa shape index (κ2) is 3.37. The van der Waals surface area contributed by atoms with Gasteiger partial charge in [0.05, 0.1) is 5.92 Å². The Kier molecular flexibility index (Phi) is 2.29. The summed E-state index contributed by atoms with van der Waals surface area (Å²) in [6.45, 7) is 4.14. The highest BCUT2D eigenvalue weighted by atomic mass is 16.4. The van der Waals surface area contributed by atoms with Crippen LogP contribution in [0.2, 0.25) is 0 Å². The van der Waals surface area contributed by atoms with Crippen molar-refractivity contribution >= 4 is 5.97 Å². The van der Waals surface area contributed by atoms with E-state index in [4.69, 9.17) is 5.11 Å². The van der Waals surface area contributed by atoms with E-state index < -0.39 is 5.97 Å². The van der Waals surface area contributed by atoms with Crippen LogP contribution in [0.3, 0.4) is 0 Å². The van der Waals surface area contributed by atoms with Crippen LogP contribution in [0, 0.1) is 12.8 Å². The number of carboxylic acids is 1. The third-order valence-corrected chi connectivity index (χ3v) is 3.69. The number of rotatable bonds is 3. The van der Waals surface area contributed by atoms with Crippen molar-refractivity contribution in [2.45, 2.75) is 32.1 Å². The summed E-state index contributed by atoms with van der Waals surface area (Å²) >= 11 is 0. The van der Waals surface area contributed by atoms with Crippen molar-refractivity contribution in [3.8, 4) is 0 Å². The van der Waals surface area contributed by atoms with Gasteiger partial charge in [0.25, 0.3) is 0 Å². The van der Waals surface area contributed by atoms with E-state index in [0.717, 1.165) is 12.8 Å². The molecule has 1 aromatic carbocycles. The number of carbonyl (C=O) groups is 1. The van der Waals surface area contributed by atoms with Crippen molar-refractivity contribution in [3.63, 3.8) is 0 Å². The summed E-state index contributed by atoms with van der Waals surface area (Å²) in [5, 5.41) is 9.07. The maximum absolute atomic E-state index is 11.0. The van der Waals surface area contributed by atoms with Crippen molar-refractivity contribution in [1.29, 1.82) is 0 Å². The molecule has 2 rings (SSSR count). The maximum Gasteiger partial charge on any atom is 0.307 e. The van der Waals surface area contributed by atoms with E-state index in [9.17, 15) is 4.79 Å². The fourth-order valence-electron chi connectivity index (χ4n) is 2.64. The van der Waals surface area contributed by atoms with E-state index >= 15 is 0 Å². The quantitative estimate of drug-likeness (QED) is 0.822. The zero-order valence-corrected chi connectivity index (χ0v) is 9.16. The summed E-state index contributed by atoms with van der Waals surface area (Å²) in [5.74, 6) is -0.830. The van der Waals surface area contributed by atoms with Gasteiger partial charge in [-0.15, -0.1) is 0 Å². The second-order valence-electron chi connectivity index (χ2n) is 4.42. The lowest BCUT2D eigenvalue weighted by molar-refractivity contribution is -0.139. The Hall–Kier alpha value is -1.31. The molecule has 1 aromatic rings. The van der Waals surface area contributed by atoms with Crippen LogP contribution in [0.15, 0.2) is 24.3 Å². The molecule has 2 nitrogen and oxygen atoms in total. The summed E-state index contributed by atoms with van der Waals surface area (Å²) in [7, 11) is 0. The molecule has 0 bridgehead atoms. The van der Waals surface area contributed by atoms with Gasteiger partial charge in [0, 0.05) is 5.41 Å². The largest absolute Gasteiger partial charge is 0.481 e. The highest BCUT2D eigenvalue weighted by Gasteiger charge is 2.58. The molecule has 0 spiro atoms. The van der Waals surface area contributed by atoms with Crippen LogP contribution < -0.4 is 0 Å². The zero-order valence-electron chi connectivity index (χ0n) is 9.16. The fraction of sp³-hybridized carbons (Fsp3) is 0.462. The van der Waals surface area contributed by atoms with Crippen molar-refractivity contribution in [2.24, 2.45) is 5.92 Å². The molecule has 1 saturated carbocycles. The van der Waals surface area contributed by atoms with Crippen molar-refractivity contribution in [2.75, 3.05) is 0 Å². The predicted molar refractivity (Wildman–Crippen MR) is 58.9 cm³/mol. The lowest BCUT2D eigenvalue weighted by Crippen LogP contribution is -2.15. The normalized spacial score (nSPS) is 28.8. The first-order chi connectivity index (χ1) is 7.12. The van der Waals surface area contributed by atoms with E-state index in [1.54, 1.807) is 0 Å². The van der Waals surface area contributed by atoms with Gasteiger partial charge in [-0.3, -0.25) is 4.79 Å². The van der Waals surface area contributed by atoms with Crippen molar-refractivity contribution in [1.82, 2.24) is 0 Å². The summed E-state index contributed by atoms with van der Waals surface area (Å²) in [4.78, 5) is 11.0. The number of hydrogen-bond donors (Lipinski definition) is 1. The molecule has 1 N–H and O–H groups in total. The van der Waals surface area contributed by atoms with Crippen LogP contribution in [-0.4, -0.2) is 11.1 Å². The van der Waals surface area contributed by atoms with Gasteiger partial charge in [-0.05, 0) is 30.9 Å². The van der Waals surface area contributed by atoms with Gasteiger partial charge in [0.15, 0.2) is 0 Å². The van der Waals surface area contributed by atoms with E-state index in [-0.39, 0.29) is 11.3 Å². The molecule has 2 heteroatoms. The molecule has 0 aliphatic heterocycles. The summed E-state index contributed by atoms with van der Waals surface area (Å²) in [6.07, 6.45) is 1.71. The highest BCUT2D eigenvalue weighted by Crippen LogP contribution is 2.57. The lowest BCUT2D eigenvalue weighted by Gasteiger charge is -2.17. The minimum absolute atomic E-state index is 0.0861. The third-order valence-electron chi connectivity index (χ3n) is 3.69. The molecule has 15 heavy (non-hydrogen) atoms. The molecule has 1 aliphatic carbocycles. The summed E-state index contributed by atoms with van der Waals surface area (Å²) < 4.78 is 0. The van der Waals surface area contributed by atoms with Crippen molar-refractivity contribution in [3.05, 3.63) is 35.4 Å². The Labute approximate surface area is 89.9 Å². The number of hydrogen-bond acceptors (Lipinski definition) is 1. The van der Waals surface area contributed by atoms with Gasteiger partial charge in [-0.1, -0.05) is 31.2 Å². The minimum atomic E-state index is -0.653. The van der Waals surface area contributed by atoms with Crippen LogP contribution in [-0.2, 0) is 10.2 Å². The predicted octanol–water partition coefficient (Wildman–Crippen LogP) is 2.75. The minimum Gasteiger partial charge on any atom is -0.481 e. The van der Waals surface area contributed by atoms with Crippen LogP contribution in [0.4, 0.5) is 0 Å². The Morgan fingerprint density at radius 3 is 2.67 bits per heavy atom. The molecule has 0 heterocycles. The van der Waals surface area contributed by atoms with Gasteiger partial charge < -0.3 is 5.11 Å². The lowest BCUT2D eigenvalue weighted by atomic mass is 9.87. The second-order valence-corrected chi connectivity index (χ2v) is 4.42. The van der Waals surface area contributed by atoms with E-state index in [0.29, 0.717) is 0 Å². The van der Waals surface area contributed by atoms with E-state index in [2.05, 4.69) is 26.0 Å². The topological polar surface area (TPSA) is 37.3 Å². The zero-order chi connectivity index (χ0) is 11.1. The van der Waals surface area contributed by atoms with Gasteiger partial charge in [0.2, 0.25) is 0 Å². The molecular weight excluding hydrogens is 188 g/mol. The molecule has 1 unspecified atom stereocenters. The average molecular weight is 204 g/mol. The Balaban J connectivity index is 2.38. The fourth-order valence-corrected chi connectivity index (χ4v) is 2.64. The summed E-state index contributed by atoms with van der Waals surface area (Å²) in [5.41, 5.74) is 2.35. The van der Waals surface area contributed by atoms with Crippen LogP contribution in [0.25, 0.3) is 0 Å². The molecule has 2 atom stereocenters. The molecule has 0 amide bonds. The van der Waals surface area contributed by atoms with Gasteiger partial charge in [-0.2, -0.15) is 0 Å². The Bertz CT molecular complexity index is 397. The third kappa shape index (κ3) is 1.44. The first-order valence-electron chi connectivity index (χ1n) is 5.40. The molecule has 1 aliphatic rings. The van der Waals surface area contributed by atoms with Crippen molar-refractivity contribution < 1.29 is 9.90 Å². The number of benzene rings is 1. The standard InChI is InChI=1S/C13H16O2/c1-3-13(8-11(13)12(14)15)10-7-5-4-6-9(10)2/h4-7,11H,3,8H2,1-2H3,(H,14,15)/t11-,13?/m0/s1. The molecule has 0 radical (unpaired) electrons. The van der Waals surface area contributed by atoms with Crippen LogP contribution in [0.5, 0.6) is 0 Å². The Morgan fingerprint density at radius 1 is 1.53 bits per heavy atom. The average Bonchev–Trinajstić information content (AvgIpc) is 2.94. The van der Waals surface area contributed by atoms with E-state index in [1.165, 1.54) is 11.1 Å². The SMILES string of the molecule is CCC1(c2ccccc2C)C[C@H]1C(=O)O. The number of aryl methyl sites for hydroxylation is 1. The van der Waals surface area contributed by atoms with Crippen LogP contribution in [0.1, 0.15) is 30.9 Å². The monoisotopic (exact) mass is 204 g/mol. The van der Waals surface area contributed by atoms with Gasteiger partial charge in [-0.25, -0.2) is 0 Å². The van der Waals surface area contributed by atoms with Gasteiger partial charge in [0.1, 0.15) is 0 Å². The smallest absolute Gasteiger partial charge is 0.307 e. The maximum atomic E-state index is 11.0. The first-order valence-corrected chi connectivity index (χ1v) is 5.40. The van der Waals surface area contributed by atoms with Crippen LogP contribution >= 0.6 is 0 Å². The number of carboxylic acid groups (broad SMARTS) is 1. The van der Waals surface area contributed by atoms with Gasteiger partial charge >= 0.3 is 5.97 Å². The number of aliphatic carboxylic acids is 1. The molecular formula is C13H16O2. The van der Waals surface area contributed by atoms with E-state index in [1.807, 2.05) is 12.1 Å². The Morgan fingerprint density at radius 2 is 2.20 bits per heavy atom. The molecule has 0 saturated heterocycles. The molecule has 1 fully saturated rings. The molecule has 80 valence electrons. The molecule has 0 aromatic heterocycles.